The van der Waals surface area contributed by atoms with E-state index in [1.165, 1.54) is 24.0 Å². The summed E-state index contributed by atoms with van der Waals surface area (Å²) >= 11 is 0. The monoisotopic (exact) mass is 428 g/mol. The quantitative estimate of drug-likeness (QED) is 0.602. The van der Waals surface area contributed by atoms with Crippen LogP contribution in [0.5, 0.6) is 0 Å². The fourth-order valence-corrected chi connectivity index (χ4v) is 4.79. The summed E-state index contributed by atoms with van der Waals surface area (Å²) in [5.74, 6) is 0.219. The number of benzene rings is 2. The van der Waals surface area contributed by atoms with Crippen molar-refractivity contribution < 1.29 is 12.8 Å². The number of hydrogen-bond acceptors (Lipinski definition) is 5. The van der Waals surface area contributed by atoms with E-state index in [9.17, 15) is 12.8 Å². The standard InChI is InChI=1S/C22H25FN4O2S/c1-30(28,29)16-17-4-2-5-19(12-17)18-8-10-26(11-9-18)14-21-15-27(25-24-21)22-7-3-6-20(23)13-22/h2-7,12-13,15,18H,8-11,14,16H2,1H3. The molecule has 0 bridgehead atoms. The van der Waals surface area contributed by atoms with E-state index in [0.29, 0.717) is 18.2 Å². The summed E-state index contributed by atoms with van der Waals surface area (Å²) in [6.45, 7) is 2.58. The normalized spacial score (nSPS) is 16.1. The van der Waals surface area contributed by atoms with Gasteiger partial charge in [0.1, 0.15) is 5.82 Å². The van der Waals surface area contributed by atoms with Gasteiger partial charge >= 0.3 is 0 Å². The fourth-order valence-electron chi connectivity index (χ4n) is 4.01. The Morgan fingerprint density at radius 3 is 2.60 bits per heavy atom. The number of halogens is 1. The van der Waals surface area contributed by atoms with Crippen molar-refractivity contribution in [1.82, 2.24) is 19.9 Å². The lowest BCUT2D eigenvalue weighted by Gasteiger charge is -2.31. The smallest absolute Gasteiger partial charge is 0.151 e. The minimum atomic E-state index is -3.03. The molecular formula is C22H25FN4O2S. The average Bonchev–Trinajstić information content (AvgIpc) is 3.16. The summed E-state index contributed by atoms with van der Waals surface area (Å²) in [6, 6.07) is 14.2. The Bertz CT molecular complexity index is 1120. The Morgan fingerprint density at radius 2 is 1.87 bits per heavy atom. The number of likely N-dealkylation sites (tertiary alicyclic amines) is 1. The number of rotatable bonds is 6. The molecule has 1 saturated heterocycles. The van der Waals surface area contributed by atoms with Gasteiger partial charge in [0.2, 0.25) is 0 Å². The molecule has 158 valence electrons. The van der Waals surface area contributed by atoms with E-state index in [0.717, 1.165) is 37.2 Å². The van der Waals surface area contributed by atoms with Gasteiger partial charge in [-0.3, -0.25) is 4.90 Å². The predicted octanol–water partition coefficient (Wildman–Crippen LogP) is 3.33. The molecule has 0 saturated carbocycles. The van der Waals surface area contributed by atoms with Crippen molar-refractivity contribution in [2.45, 2.75) is 31.1 Å². The zero-order valence-electron chi connectivity index (χ0n) is 16.9. The van der Waals surface area contributed by atoms with E-state index in [1.54, 1.807) is 16.8 Å². The Labute approximate surface area is 176 Å². The number of sulfone groups is 1. The third kappa shape index (κ3) is 5.31. The minimum absolute atomic E-state index is 0.0840. The van der Waals surface area contributed by atoms with Crippen molar-refractivity contribution in [2.24, 2.45) is 0 Å². The van der Waals surface area contributed by atoms with Gasteiger partial charge < -0.3 is 0 Å². The highest BCUT2D eigenvalue weighted by Gasteiger charge is 2.22. The van der Waals surface area contributed by atoms with Gasteiger partial charge in [-0.15, -0.1) is 5.10 Å². The lowest BCUT2D eigenvalue weighted by atomic mass is 9.88. The van der Waals surface area contributed by atoms with E-state index < -0.39 is 9.84 Å². The molecule has 4 rings (SSSR count). The molecule has 8 heteroatoms. The Balaban J connectivity index is 1.35. The van der Waals surface area contributed by atoms with Gasteiger partial charge in [0.15, 0.2) is 9.84 Å². The summed E-state index contributed by atoms with van der Waals surface area (Å²) in [4.78, 5) is 2.34. The highest BCUT2D eigenvalue weighted by Crippen LogP contribution is 2.29. The Morgan fingerprint density at radius 1 is 1.10 bits per heavy atom. The third-order valence-corrected chi connectivity index (χ3v) is 6.30. The molecule has 0 atom stereocenters. The second kappa shape index (κ2) is 8.65. The van der Waals surface area contributed by atoms with Gasteiger partial charge in [-0.2, -0.15) is 0 Å². The second-order valence-corrected chi connectivity index (χ2v) is 10.1. The Hall–Kier alpha value is -2.58. The van der Waals surface area contributed by atoms with E-state index in [2.05, 4.69) is 21.3 Å². The van der Waals surface area contributed by atoms with Crippen molar-refractivity contribution in [3.8, 4) is 5.69 Å². The molecule has 0 unspecified atom stereocenters. The van der Waals surface area contributed by atoms with Gasteiger partial charge in [-0.05, 0) is 61.2 Å². The first-order valence-corrected chi connectivity index (χ1v) is 12.1. The molecule has 0 N–H and O–H groups in total. The maximum Gasteiger partial charge on any atom is 0.151 e. The largest absolute Gasteiger partial charge is 0.297 e. The van der Waals surface area contributed by atoms with Crippen molar-refractivity contribution in [3.63, 3.8) is 0 Å². The second-order valence-electron chi connectivity index (χ2n) is 8.00. The maximum absolute atomic E-state index is 13.4. The van der Waals surface area contributed by atoms with E-state index in [-0.39, 0.29) is 11.6 Å². The van der Waals surface area contributed by atoms with Crippen LogP contribution in [0.4, 0.5) is 4.39 Å². The van der Waals surface area contributed by atoms with E-state index in [4.69, 9.17) is 0 Å². The predicted molar refractivity (Wildman–Crippen MR) is 114 cm³/mol. The summed E-state index contributed by atoms with van der Waals surface area (Å²) in [5.41, 5.74) is 3.58. The van der Waals surface area contributed by atoms with Crippen LogP contribution in [0, 0.1) is 5.82 Å². The van der Waals surface area contributed by atoms with Gasteiger partial charge in [-0.25, -0.2) is 17.5 Å². The van der Waals surface area contributed by atoms with Crippen molar-refractivity contribution in [2.75, 3.05) is 19.3 Å². The van der Waals surface area contributed by atoms with Crippen LogP contribution >= 0.6 is 0 Å². The zero-order chi connectivity index (χ0) is 21.1. The average molecular weight is 429 g/mol. The highest BCUT2D eigenvalue weighted by atomic mass is 32.2. The van der Waals surface area contributed by atoms with Crippen LogP contribution in [0.15, 0.2) is 54.7 Å². The molecule has 3 aromatic rings. The molecule has 2 heterocycles. The number of hydrogen-bond donors (Lipinski definition) is 0. The first kappa shape index (κ1) is 20.7. The van der Waals surface area contributed by atoms with Crippen LogP contribution in [0.2, 0.25) is 0 Å². The van der Waals surface area contributed by atoms with Crippen LogP contribution in [-0.2, 0) is 22.1 Å². The molecule has 1 aliphatic heterocycles. The molecule has 30 heavy (non-hydrogen) atoms. The fraction of sp³-hybridized carbons (Fsp3) is 0.364. The van der Waals surface area contributed by atoms with Crippen molar-refractivity contribution in [3.05, 3.63) is 77.4 Å². The van der Waals surface area contributed by atoms with Crippen molar-refractivity contribution in [1.29, 1.82) is 0 Å². The van der Waals surface area contributed by atoms with Crippen LogP contribution in [-0.4, -0.2) is 47.7 Å². The van der Waals surface area contributed by atoms with Crippen LogP contribution in [0.1, 0.15) is 35.6 Å². The van der Waals surface area contributed by atoms with E-state index in [1.807, 2.05) is 24.4 Å². The van der Waals surface area contributed by atoms with Gasteiger partial charge in [0.25, 0.3) is 0 Å². The maximum atomic E-state index is 13.4. The molecule has 0 aliphatic carbocycles. The molecule has 6 nitrogen and oxygen atoms in total. The molecular weight excluding hydrogens is 403 g/mol. The molecule has 1 aliphatic rings. The summed E-state index contributed by atoms with van der Waals surface area (Å²) in [6.07, 6.45) is 5.14. The summed E-state index contributed by atoms with van der Waals surface area (Å²) in [5, 5.41) is 8.35. The summed E-state index contributed by atoms with van der Waals surface area (Å²) < 4.78 is 38.2. The van der Waals surface area contributed by atoms with Gasteiger partial charge in [0.05, 0.1) is 23.3 Å². The Kier molecular flexibility index (Phi) is 5.97. The first-order chi connectivity index (χ1) is 14.4. The first-order valence-electron chi connectivity index (χ1n) is 10.0. The summed E-state index contributed by atoms with van der Waals surface area (Å²) in [7, 11) is -3.03. The SMILES string of the molecule is CS(=O)(=O)Cc1cccc(C2CCN(Cc3cn(-c4cccc(F)c4)nn3)CC2)c1. The molecule has 0 amide bonds. The molecule has 1 aromatic heterocycles. The number of nitrogens with zero attached hydrogens (tertiary/aromatic N) is 4. The van der Waals surface area contributed by atoms with Gasteiger partial charge in [0, 0.05) is 12.8 Å². The van der Waals surface area contributed by atoms with E-state index >= 15 is 0 Å². The lowest BCUT2D eigenvalue weighted by molar-refractivity contribution is 0.202. The zero-order valence-corrected chi connectivity index (χ0v) is 17.7. The molecule has 1 fully saturated rings. The molecule has 0 spiro atoms. The van der Waals surface area contributed by atoms with Crippen LogP contribution in [0.3, 0.4) is 0 Å². The topological polar surface area (TPSA) is 68.1 Å². The number of aromatic nitrogens is 3. The van der Waals surface area contributed by atoms with Gasteiger partial charge in [-0.1, -0.05) is 35.5 Å². The lowest BCUT2D eigenvalue weighted by Crippen LogP contribution is -2.32. The third-order valence-electron chi connectivity index (χ3n) is 5.44. The molecule has 0 radical (unpaired) electrons. The van der Waals surface area contributed by atoms with Crippen molar-refractivity contribution >= 4 is 9.84 Å². The highest BCUT2D eigenvalue weighted by molar-refractivity contribution is 7.89. The van der Waals surface area contributed by atoms with Crippen LogP contribution in [0.25, 0.3) is 5.69 Å². The van der Waals surface area contributed by atoms with Crippen LogP contribution < -0.4 is 0 Å². The minimum Gasteiger partial charge on any atom is -0.297 e. The number of piperidine rings is 1. The molecule has 2 aromatic carbocycles.